The Morgan fingerprint density at radius 2 is 1.78 bits per heavy atom. The highest BCUT2D eigenvalue weighted by molar-refractivity contribution is 6.02. The van der Waals surface area contributed by atoms with E-state index in [1.165, 1.54) is 24.3 Å². The van der Waals surface area contributed by atoms with Crippen LogP contribution in [0.5, 0.6) is 0 Å². The molecule has 1 N–H and O–H groups in total. The maximum Gasteiger partial charge on any atom is 0.270 e. The van der Waals surface area contributed by atoms with Crippen LogP contribution >= 0.6 is 0 Å². The van der Waals surface area contributed by atoms with Gasteiger partial charge in [0.25, 0.3) is 5.69 Å². The molecule has 0 saturated carbocycles. The average Bonchev–Trinajstić information content (AvgIpc) is 3.48. The molecule has 0 spiro atoms. The van der Waals surface area contributed by atoms with Crippen molar-refractivity contribution in [3.05, 3.63) is 112 Å². The Morgan fingerprint density at radius 1 is 1.00 bits per heavy atom. The van der Waals surface area contributed by atoms with Crippen LogP contribution in [0, 0.1) is 15.9 Å². The van der Waals surface area contributed by atoms with Gasteiger partial charge in [0.05, 0.1) is 28.1 Å². The fraction of sp³-hybridized carbons (Fsp3) is 0.0833. The van der Waals surface area contributed by atoms with Crippen LogP contribution in [0.15, 0.2) is 90.2 Å². The molecule has 0 fully saturated rings. The van der Waals surface area contributed by atoms with Gasteiger partial charge in [0.1, 0.15) is 5.82 Å². The third-order valence-corrected chi connectivity index (χ3v) is 5.40. The van der Waals surface area contributed by atoms with Gasteiger partial charge in [-0.25, -0.2) is 9.07 Å². The van der Waals surface area contributed by atoms with Crippen LogP contribution in [0.3, 0.4) is 0 Å². The summed E-state index contributed by atoms with van der Waals surface area (Å²) in [5.41, 5.74) is 7.93. The number of non-ortho nitro benzene ring substituents is 1. The molecule has 7 nitrogen and oxygen atoms in total. The minimum atomic E-state index is -0.416. The standard InChI is InChI=1S/C24H18FN5O2/c25-18-11-9-16(10-12-18)24-21(15-29(28-24)19-6-2-1-3-7-19)23-14-22(26-27-23)17-5-4-8-20(13-17)30(31)32/h1-13,15,23,27H,14H2/t23-/m1/s1. The van der Waals surface area contributed by atoms with Crippen molar-refractivity contribution in [3.63, 3.8) is 0 Å². The van der Waals surface area contributed by atoms with E-state index in [4.69, 9.17) is 5.10 Å². The van der Waals surface area contributed by atoms with E-state index in [2.05, 4.69) is 10.5 Å². The summed E-state index contributed by atoms with van der Waals surface area (Å²) in [6.07, 6.45) is 2.48. The molecule has 3 aromatic carbocycles. The van der Waals surface area contributed by atoms with E-state index in [0.717, 1.165) is 28.2 Å². The van der Waals surface area contributed by atoms with Crippen molar-refractivity contribution in [2.24, 2.45) is 5.10 Å². The molecular weight excluding hydrogens is 409 g/mol. The van der Waals surface area contributed by atoms with Gasteiger partial charge >= 0.3 is 0 Å². The summed E-state index contributed by atoms with van der Waals surface area (Å²) in [6, 6.07) is 22.2. The predicted molar refractivity (Wildman–Crippen MR) is 119 cm³/mol. The predicted octanol–water partition coefficient (Wildman–Crippen LogP) is 5.03. The summed E-state index contributed by atoms with van der Waals surface area (Å²) >= 11 is 0. The quantitative estimate of drug-likeness (QED) is 0.358. The van der Waals surface area contributed by atoms with Crippen molar-refractivity contribution in [2.75, 3.05) is 0 Å². The van der Waals surface area contributed by atoms with Crippen molar-refractivity contribution >= 4 is 11.4 Å². The van der Waals surface area contributed by atoms with Crippen molar-refractivity contribution in [2.45, 2.75) is 12.5 Å². The van der Waals surface area contributed by atoms with Gasteiger partial charge in [-0.15, -0.1) is 0 Å². The number of hydrazone groups is 1. The van der Waals surface area contributed by atoms with Crippen LogP contribution in [-0.4, -0.2) is 20.4 Å². The molecule has 32 heavy (non-hydrogen) atoms. The Morgan fingerprint density at radius 3 is 2.53 bits per heavy atom. The van der Waals surface area contributed by atoms with Crippen molar-refractivity contribution in [3.8, 4) is 16.9 Å². The lowest BCUT2D eigenvalue weighted by atomic mass is 9.97. The highest BCUT2D eigenvalue weighted by Gasteiger charge is 2.27. The zero-order valence-electron chi connectivity index (χ0n) is 16.9. The Labute approximate surface area is 183 Å². The molecule has 2 heterocycles. The number of benzene rings is 3. The molecule has 0 saturated heterocycles. The van der Waals surface area contributed by atoms with Crippen molar-refractivity contribution < 1.29 is 9.31 Å². The minimum Gasteiger partial charge on any atom is -0.302 e. The van der Waals surface area contributed by atoms with Gasteiger partial charge in [-0.3, -0.25) is 10.1 Å². The number of hydrogen-bond donors (Lipinski definition) is 1. The molecule has 0 amide bonds. The fourth-order valence-electron chi connectivity index (χ4n) is 3.79. The topological polar surface area (TPSA) is 85.4 Å². The number of nitro benzene ring substituents is 1. The van der Waals surface area contributed by atoms with Gasteiger partial charge in [0, 0.05) is 41.4 Å². The van der Waals surface area contributed by atoms with Crippen LogP contribution in [0.4, 0.5) is 10.1 Å². The first kappa shape index (κ1) is 19.6. The zero-order valence-corrected chi connectivity index (χ0v) is 16.9. The molecule has 1 aliphatic heterocycles. The molecule has 5 rings (SSSR count). The van der Waals surface area contributed by atoms with E-state index >= 15 is 0 Å². The van der Waals surface area contributed by atoms with E-state index in [1.54, 1.807) is 22.9 Å². The lowest BCUT2D eigenvalue weighted by molar-refractivity contribution is -0.384. The van der Waals surface area contributed by atoms with Gasteiger partial charge in [0.2, 0.25) is 0 Å². The van der Waals surface area contributed by atoms with Gasteiger partial charge in [-0.05, 0) is 36.4 Å². The normalized spacial score (nSPS) is 15.3. The molecule has 4 aromatic rings. The number of nitrogens with zero attached hydrogens (tertiary/aromatic N) is 4. The Balaban J connectivity index is 1.50. The number of hydrogen-bond acceptors (Lipinski definition) is 5. The van der Waals surface area contributed by atoms with E-state index in [9.17, 15) is 14.5 Å². The molecule has 0 radical (unpaired) electrons. The summed E-state index contributed by atoms with van der Waals surface area (Å²) in [5, 5.41) is 20.3. The Hall–Kier alpha value is -4.33. The largest absolute Gasteiger partial charge is 0.302 e. The van der Waals surface area contributed by atoms with E-state index in [0.29, 0.717) is 12.0 Å². The molecule has 0 unspecified atom stereocenters. The third kappa shape index (κ3) is 3.74. The molecule has 1 aliphatic rings. The lowest BCUT2D eigenvalue weighted by Gasteiger charge is -2.10. The summed E-state index contributed by atoms with van der Waals surface area (Å²) in [6.45, 7) is 0. The van der Waals surface area contributed by atoms with E-state index in [-0.39, 0.29) is 17.5 Å². The fourth-order valence-corrected chi connectivity index (χ4v) is 3.79. The summed E-state index contributed by atoms with van der Waals surface area (Å²) < 4.78 is 15.3. The summed E-state index contributed by atoms with van der Waals surface area (Å²) in [4.78, 5) is 10.7. The zero-order chi connectivity index (χ0) is 22.1. The van der Waals surface area contributed by atoms with Crippen molar-refractivity contribution in [1.29, 1.82) is 0 Å². The third-order valence-electron chi connectivity index (χ3n) is 5.40. The lowest BCUT2D eigenvalue weighted by Crippen LogP contribution is -2.10. The number of halogens is 1. The maximum absolute atomic E-state index is 13.5. The number of rotatable bonds is 5. The number of aromatic nitrogens is 2. The first-order chi connectivity index (χ1) is 15.6. The van der Waals surface area contributed by atoms with E-state index in [1.807, 2.05) is 42.6 Å². The Kier molecular flexibility index (Phi) is 4.95. The Bertz CT molecular complexity index is 1320. The van der Waals surface area contributed by atoms with Gasteiger partial charge in [0.15, 0.2) is 0 Å². The highest BCUT2D eigenvalue weighted by Crippen LogP contribution is 2.33. The first-order valence-electron chi connectivity index (χ1n) is 10.1. The second-order valence-corrected chi connectivity index (χ2v) is 7.47. The average molecular weight is 427 g/mol. The maximum atomic E-state index is 13.5. The highest BCUT2D eigenvalue weighted by atomic mass is 19.1. The first-order valence-corrected chi connectivity index (χ1v) is 10.1. The molecule has 158 valence electrons. The van der Waals surface area contributed by atoms with Gasteiger partial charge in [-0.1, -0.05) is 30.3 Å². The smallest absolute Gasteiger partial charge is 0.270 e. The number of nitro groups is 1. The van der Waals surface area contributed by atoms with Gasteiger partial charge in [-0.2, -0.15) is 10.2 Å². The number of para-hydroxylation sites is 1. The molecule has 0 bridgehead atoms. The molecule has 8 heteroatoms. The molecule has 0 aliphatic carbocycles. The molecule has 1 aromatic heterocycles. The summed E-state index contributed by atoms with van der Waals surface area (Å²) in [5.74, 6) is -0.312. The van der Waals surface area contributed by atoms with Crippen LogP contribution in [0.25, 0.3) is 16.9 Å². The van der Waals surface area contributed by atoms with Gasteiger partial charge < -0.3 is 5.43 Å². The van der Waals surface area contributed by atoms with Crippen LogP contribution in [-0.2, 0) is 0 Å². The summed E-state index contributed by atoms with van der Waals surface area (Å²) in [7, 11) is 0. The minimum absolute atomic E-state index is 0.0255. The second-order valence-electron chi connectivity index (χ2n) is 7.47. The molecule has 1 atom stereocenters. The van der Waals surface area contributed by atoms with Crippen LogP contribution < -0.4 is 5.43 Å². The monoisotopic (exact) mass is 427 g/mol. The van der Waals surface area contributed by atoms with Crippen LogP contribution in [0.2, 0.25) is 0 Å². The second kappa shape index (κ2) is 8.07. The number of nitrogens with one attached hydrogen (secondary N) is 1. The van der Waals surface area contributed by atoms with Crippen molar-refractivity contribution in [1.82, 2.24) is 15.2 Å². The van der Waals surface area contributed by atoms with E-state index < -0.39 is 4.92 Å². The van der Waals surface area contributed by atoms with Crippen LogP contribution in [0.1, 0.15) is 23.6 Å². The molecular formula is C24H18FN5O2. The SMILES string of the molecule is O=[N+]([O-])c1cccc(C2=NN[C@@H](c3cn(-c4ccccc4)nc3-c3ccc(F)cc3)C2)c1.